The van der Waals surface area contributed by atoms with E-state index in [0.717, 1.165) is 64.6 Å². The van der Waals surface area contributed by atoms with Crippen molar-refractivity contribution in [2.45, 2.75) is 57.6 Å². The van der Waals surface area contributed by atoms with Gasteiger partial charge >= 0.3 is 0 Å². The minimum atomic E-state index is -0.565. The van der Waals surface area contributed by atoms with Crippen molar-refractivity contribution in [2.75, 3.05) is 5.32 Å². The Balaban J connectivity index is 1.54. The maximum Gasteiger partial charge on any atom is 0.154 e. The molecule has 1 aliphatic carbocycles. The molecule has 0 aliphatic heterocycles. The Morgan fingerprint density at radius 2 is 2.10 bits per heavy atom. The van der Waals surface area contributed by atoms with E-state index in [1.165, 1.54) is 11.5 Å². The molecular weight excluding hydrogens is 410 g/mol. The van der Waals surface area contributed by atoms with Crippen LogP contribution >= 0.6 is 11.5 Å². The second-order valence-electron chi connectivity index (χ2n) is 8.81. The number of fused-ring (bicyclic) bond motifs is 1. The topological polar surface area (TPSA) is 93.7 Å². The number of hydrogen-bond acceptors (Lipinski definition) is 7. The van der Waals surface area contributed by atoms with Crippen LogP contribution in [-0.4, -0.2) is 45.4 Å². The predicted octanol–water partition coefficient (Wildman–Crippen LogP) is 3.62. The van der Waals surface area contributed by atoms with Crippen LogP contribution in [0.5, 0.6) is 0 Å². The molecule has 4 heterocycles. The van der Waals surface area contributed by atoms with Crippen LogP contribution in [0.4, 0.5) is 5.82 Å². The lowest BCUT2D eigenvalue weighted by atomic mass is 9.84. The highest BCUT2D eigenvalue weighted by molar-refractivity contribution is 7.05. The monoisotopic (exact) mass is 437 g/mol. The van der Waals surface area contributed by atoms with E-state index in [-0.39, 0.29) is 6.04 Å². The average molecular weight is 438 g/mol. The number of aromatic nitrogens is 6. The number of nitrogens with one attached hydrogen (secondary N) is 1. The molecule has 8 nitrogen and oxygen atoms in total. The van der Waals surface area contributed by atoms with Gasteiger partial charge in [0.1, 0.15) is 11.3 Å². The summed E-state index contributed by atoms with van der Waals surface area (Å²) in [6.07, 6.45) is 9.90. The van der Waals surface area contributed by atoms with Gasteiger partial charge < -0.3 is 15.0 Å². The van der Waals surface area contributed by atoms with Gasteiger partial charge in [0, 0.05) is 36.8 Å². The van der Waals surface area contributed by atoms with Gasteiger partial charge in [-0.1, -0.05) is 0 Å². The quantitative estimate of drug-likeness (QED) is 0.495. The molecule has 5 rings (SSSR count). The van der Waals surface area contributed by atoms with Gasteiger partial charge in [0.05, 0.1) is 28.7 Å². The van der Waals surface area contributed by atoms with Crippen molar-refractivity contribution in [1.29, 1.82) is 0 Å². The number of anilines is 1. The van der Waals surface area contributed by atoms with Gasteiger partial charge in [-0.3, -0.25) is 4.68 Å². The van der Waals surface area contributed by atoms with Crippen LogP contribution in [0.25, 0.3) is 16.7 Å². The number of rotatable bonds is 5. The lowest BCUT2D eigenvalue weighted by Gasteiger charge is -2.33. The van der Waals surface area contributed by atoms with Gasteiger partial charge in [0.25, 0.3) is 0 Å². The zero-order valence-electron chi connectivity index (χ0n) is 18.0. The first-order valence-electron chi connectivity index (χ1n) is 10.6. The SMILES string of the molecule is Cc1cc(Cc2nc(NC3CCC(C)(O)CC3)c3c(ccn3-c3cnn(C)c3)n2)sn1. The maximum atomic E-state index is 10.3. The first-order chi connectivity index (χ1) is 14.9. The second kappa shape index (κ2) is 7.72. The molecule has 9 heteroatoms. The average Bonchev–Trinajstić information content (AvgIpc) is 3.43. The fourth-order valence-corrected chi connectivity index (χ4v) is 4.98. The maximum absolute atomic E-state index is 10.3. The van der Waals surface area contributed by atoms with Crippen molar-refractivity contribution in [2.24, 2.45) is 7.05 Å². The number of hydrogen-bond donors (Lipinski definition) is 2. The van der Waals surface area contributed by atoms with Crippen LogP contribution < -0.4 is 5.32 Å². The highest BCUT2D eigenvalue weighted by Gasteiger charge is 2.29. The van der Waals surface area contributed by atoms with Crippen molar-refractivity contribution in [3.8, 4) is 5.69 Å². The Bertz CT molecular complexity index is 1210. The largest absolute Gasteiger partial charge is 0.390 e. The third-order valence-electron chi connectivity index (χ3n) is 5.96. The predicted molar refractivity (Wildman–Crippen MR) is 122 cm³/mol. The number of aliphatic hydroxyl groups is 1. The molecule has 0 bridgehead atoms. The minimum absolute atomic E-state index is 0.272. The van der Waals surface area contributed by atoms with Crippen molar-refractivity contribution >= 4 is 28.4 Å². The molecule has 0 unspecified atom stereocenters. The van der Waals surface area contributed by atoms with Gasteiger partial charge in [0.15, 0.2) is 5.82 Å². The van der Waals surface area contributed by atoms with E-state index in [9.17, 15) is 5.11 Å². The molecule has 4 aromatic rings. The Morgan fingerprint density at radius 3 is 2.77 bits per heavy atom. The van der Waals surface area contributed by atoms with Crippen LogP contribution in [0.1, 0.15) is 49.0 Å². The van der Waals surface area contributed by atoms with E-state index < -0.39 is 5.60 Å². The minimum Gasteiger partial charge on any atom is -0.390 e. The van der Waals surface area contributed by atoms with E-state index in [0.29, 0.717) is 6.42 Å². The first kappa shape index (κ1) is 20.1. The van der Waals surface area contributed by atoms with Gasteiger partial charge in [0.2, 0.25) is 0 Å². The first-order valence-corrected chi connectivity index (χ1v) is 11.4. The summed E-state index contributed by atoms with van der Waals surface area (Å²) >= 11 is 1.50. The molecule has 31 heavy (non-hydrogen) atoms. The third kappa shape index (κ3) is 4.20. The van der Waals surface area contributed by atoms with Gasteiger partial charge in [-0.05, 0) is 63.2 Å². The molecule has 0 atom stereocenters. The zero-order chi connectivity index (χ0) is 21.6. The van der Waals surface area contributed by atoms with Gasteiger partial charge in [-0.15, -0.1) is 0 Å². The van der Waals surface area contributed by atoms with E-state index in [1.807, 2.05) is 45.6 Å². The number of nitrogens with zero attached hydrogens (tertiary/aromatic N) is 6. The van der Waals surface area contributed by atoms with Crippen LogP contribution in [0.3, 0.4) is 0 Å². The molecule has 2 N–H and O–H groups in total. The lowest BCUT2D eigenvalue weighted by molar-refractivity contribution is 0.0196. The molecular formula is C22H27N7OS. The van der Waals surface area contributed by atoms with Crippen LogP contribution in [0, 0.1) is 6.92 Å². The van der Waals surface area contributed by atoms with E-state index >= 15 is 0 Å². The molecule has 0 radical (unpaired) electrons. The number of aryl methyl sites for hydroxylation is 2. The highest BCUT2D eigenvalue weighted by Crippen LogP contribution is 2.32. The van der Waals surface area contributed by atoms with Gasteiger partial charge in [-0.2, -0.15) is 9.47 Å². The third-order valence-corrected chi connectivity index (χ3v) is 6.84. The molecule has 1 saturated carbocycles. The standard InChI is InChI=1S/C22H27N7OS/c1-14-10-17(31-27-14)11-19-25-18-6-9-29(16-12-23-28(3)13-16)20(18)21(26-19)24-15-4-7-22(2,30)8-5-15/h6,9-10,12-13,15,30H,4-5,7-8,11H2,1-3H3,(H,24,25,26). The molecule has 1 fully saturated rings. The van der Waals surface area contributed by atoms with Crippen molar-refractivity contribution in [1.82, 2.24) is 28.7 Å². The van der Waals surface area contributed by atoms with Crippen molar-refractivity contribution in [3.63, 3.8) is 0 Å². The normalized spacial score (nSPS) is 21.6. The van der Waals surface area contributed by atoms with Crippen LogP contribution in [-0.2, 0) is 13.5 Å². The summed E-state index contributed by atoms with van der Waals surface area (Å²) in [4.78, 5) is 11.0. The fourth-order valence-electron chi connectivity index (χ4n) is 4.25. The summed E-state index contributed by atoms with van der Waals surface area (Å²) in [5.41, 5.74) is 3.29. The zero-order valence-corrected chi connectivity index (χ0v) is 18.9. The lowest BCUT2D eigenvalue weighted by Crippen LogP contribution is -2.36. The Morgan fingerprint density at radius 1 is 1.29 bits per heavy atom. The van der Waals surface area contributed by atoms with Crippen molar-refractivity contribution < 1.29 is 5.11 Å². The molecule has 0 spiro atoms. The summed E-state index contributed by atoms with van der Waals surface area (Å²) in [7, 11) is 1.91. The smallest absolute Gasteiger partial charge is 0.154 e. The van der Waals surface area contributed by atoms with Crippen LogP contribution in [0.2, 0.25) is 0 Å². The molecule has 0 aromatic carbocycles. The molecule has 1 aliphatic rings. The molecule has 162 valence electrons. The Labute approximate surface area is 185 Å². The Kier molecular flexibility index (Phi) is 5.02. The van der Waals surface area contributed by atoms with Gasteiger partial charge in [-0.25, -0.2) is 9.97 Å². The summed E-state index contributed by atoms with van der Waals surface area (Å²) in [6.45, 7) is 3.93. The van der Waals surface area contributed by atoms with Crippen molar-refractivity contribution in [3.05, 3.63) is 47.1 Å². The summed E-state index contributed by atoms with van der Waals surface area (Å²) in [5.74, 6) is 1.62. The highest BCUT2D eigenvalue weighted by atomic mass is 32.1. The summed E-state index contributed by atoms with van der Waals surface area (Å²) < 4.78 is 8.26. The van der Waals surface area contributed by atoms with E-state index in [2.05, 4.69) is 25.4 Å². The summed E-state index contributed by atoms with van der Waals surface area (Å²) in [6, 6.07) is 4.39. The Hall–Kier alpha value is -2.78. The van der Waals surface area contributed by atoms with E-state index in [1.54, 1.807) is 4.68 Å². The van der Waals surface area contributed by atoms with E-state index in [4.69, 9.17) is 9.97 Å². The van der Waals surface area contributed by atoms with Crippen LogP contribution in [0.15, 0.2) is 30.7 Å². The summed E-state index contributed by atoms with van der Waals surface area (Å²) in [5, 5.41) is 18.3. The fraction of sp³-hybridized carbons (Fsp3) is 0.455. The molecule has 0 saturated heterocycles. The second-order valence-corrected chi connectivity index (χ2v) is 9.70. The molecule has 4 aromatic heterocycles. The molecule has 0 amide bonds.